The summed E-state index contributed by atoms with van der Waals surface area (Å²) in [5, 5.41) is 9.92. The van der Waals surface area contributed by atoms with Gasteiger partial charge in [0.1, 0.15) is 0 Å². The molecule has 0 N–H and O–H groups in total. The van der Waals surface area contributed by atoms with Crippen LogP contribution in [-0.4, -0.2) is 0 Å². The second-order valence-electron chi connectivity index (χ2n) is 15.3. The highest BCUT2D eigenvalue weighted by Gasteiger charge is 2.23. The van der Waals surface area contributed by atoms with E-state index in [9.17, 15) is 0 Å². The number of hydrogen-bond donors (Lipinski definition) is 0. The van der Waals surface area contributed by atoms with E-state index in [-0.39, 0.29) is 0 Å². The Morgan fingerprint density at radius 2 is 0.712 bits per heavy atom. The van der Waals surface area contributed by atoms with Crippen molar-refractivity contribution >= 4 is 60.2 Å². The maximum Gasteiger partial charge on any atom is 0.0546 e. The molecule has 0 bridgehead atoms. The van der Waals surface area contributed by atoms with Gasteiger partial charge in [-0.3, -0.25) is 0 Å². The molecule has 0 fully saturated rings. The summed E-state index contributed by atoms with van der Waals surface area (Å²) < 4.78 is 0. The standard InChI is InChI=1S/C58H39N/c1-3-15-42(16-4-1)55-39-58(56(43-17-5-2-6-18-43)38-54(55)47-33-36-52-46(37-47)30-29-44-21-8-11-25-50(44)52)59(57-28-14-23-41-20-9-12-26-53(41)57)48-34-31-45(32-35-48)51-27-13-22-40-19-7-10-24-49(40)51/h1-39H. The van der Waals surface area contributed by atoms with Gasteiger partial charge in [0, 0.05) is 16.6 Å². The van der Waals surface area contributed by atoms with Crippen molar-refractivity contribution in [3.63, 3.8) is 0 Å². The third-order valence-corrected chi connectivity index (χ3v) is 11.8. The lowest BCUT2D eigenvalue weighted by molar-refractivity contribution is 1.30. The fraction of sp³-hybridized carbons (Fsp3) is 0. The van der Waals surface area contributed by atoms with Gasteiger partial charge >= 0.3 is 0 Å². The molecular weight excluding hydrogens is 711 g/mol. The third kappa shape index (κ3) is 6.21. The number of rotatable bonds is 7. The Morgan fingerprint density at radius 1 is 0.220 bits per heavy atom. The fourth-order valence-electron chi connectivity index (χ4n) is 8.98. The molecule has 11 rings (SSSR count). The number of benzene rings is 11. The van der Waals surface area contributed by atoms with E-state index in [1.807, 2.05) is 0 Å². The summed E-state index contributed by atoms with van der Waals surface area (Å²) in [4.78, 5) is 2.47. The van der Waals surface area contributed by atoms with Crippen LogP contribution in [0.5, 0.6) is 0 Å². The minimum Gasteiger partial charge on any atom is -0.309 e. The largest absolute Gasteiger partial charge is 0.309 e. The minimum atomic E-state index is 1.09. The molecule has 0 saturated carbocycles. The molecular formula is C58H39N. The molecule has 11 aromatic rings. The maximum atomic E-state index is 2.47. The lowest BCUT2D eigenvalue weighted by Gasteiger charge is -2.31. The van der Waals surface area contributed by atoms with Crippen molar-refractivity contribution in [1.29, 1.82) is 0 Å². The van der Waals surface area contributed by atoms with E-state index in [0.29, 0.717) is 0 Å². The molecule has 11 aromatic carbocycles. The number of fused-ring (bicyclic) bond motifs is 5. The summed E-state index contributed by atoms with van der Waals surface area (Å²) in [5.41, 5.74) is 12.8. The van der Waals surface area contributed by atoms with Crippen LogP contribution in [0.25, 0.3) is 87.6 Å². The summed E-state index contributed by atoms with van der Waals surface area (Å²) >= 11 is 0. The Balaban J connectivity index is 1.18. The van der Waals surface area contributed by atoms with Crippen LogP contribution in [0.4, 0.5) is 17.1 Å². The van der Waals surface area contributed by atoms with Gasteiger partial charge in [0.15, 0.2) is 0 Å². The van der Waals surface area contributed by atoms with E-state index in [1.54, 1.807) is 0 Å². The van der Waals surface area contributed by atoms with Crippen LogP contribution in [0.2, 0.25) is 0 Å². The zero-order chi connectivity index (χ0) is 39.1. The SMILES string of the molecule is c1ccc(-c2cc(N(c3ccc(-c4cccc5ccccc45)cc3)c3cccc4ccccc34)c(-c3ccccc3)cc2-c2ccc3c(ccc4ccccc43)c2)cc1. The van der Waals surface area contributed by atoms with Gasteiger partial charge in [0.2, 0.25) is 0 Å². The number of hydrogen-bond acceptors (Lipinski definition) is 1. The first kappa shape index (κ1) is 34.5. The topological polar surface area (TPSA) is 3.24 Å². The van der Waals surface area contributed by atoms with E-state index in [4.69, 9.17) is 0 Å². The zero-order valence-corrected chi connectivity index (χ0v) is 32.5. The van der Waals surface area contributed by atoms with Crippen molar-refractivity contribution in [2.24, 2.45) is 0 Å². The third-order valence-electron chi connectivity index (χ3n) is 11.8. The van der Waals surface area contributed by atoms with Crippen molar-refractivity contribution in [3.05, 3.63) is 237 Å². The Bertz CT molecular complexity index is 3300. The normalized spacial score (nSPS) is 11.4. The van der Waals surface area contributed by atoms with Crippen LogP contribution in [0, 0.1) is 0 Å². The summed E-state index contributed by atoms with van der Waals surface area (Å²) in [6.07, 6.45) is 0. The lowest BCUT2D eigenvalue weighted by atomic mass is 9.88. The van der Waals surface area contributed by atoms with E-state index in [1.165, 1.54) is 76.5 Å². The van der Waals surface area contributed by atoms with Crippen molar-refractivity contribution in [1.82, 2.24) is 0 Å². The first-order chi connectivity index (χ1) is 29.3. The second-order valence-corrected chi connectivity index (χ2v) is 15.3. The first-order valence-electron chi connectivity index (χ1n) is 20.3. The predicted octanol–water partition coefficient (Wildman–Crippen LogP) is 16.4. The van der Waals surface area contributed by atoms with Crippen LogP contribution in [-0.2, 0) is 0 Å². The predicted molar refractivity (Wildman–Crippen MR) is 253 cm³/mol. The van der Waals surface area contributed by atoms with Crippen LogP contribution in [0.3, 0.4) is 0 Å². The molecule has 1 nitrogen and oxygen atoms in total. The highest BCUT2D eigenvalue weighted by Crippen LogP contribution is 2.48. The molecule has 276 valence electrons. The first-order valence-corrected chi connectivity index (χ1v) is 20.3. The van der Waals surface area contributed by atoms with Crippen molar-refractivity contribution in [2.45, 2.75) is 0 Å². The van der Waals surface area contributed by atoms with Gasteiger partial charge in [0.05, 0.1) is 11.4 Å². The Hall–Kier alpha value is -7.74. The van der Waals surface area contributed by atoms with Crippen LogP contribution < -0.4 is 4.90 Å². The summed E-state index contributed by atoms with van der Waals surface area (Å²) in [7, 11) is 0. The average molecular weight is 750 g/mol. The molecule has 0 spiro atoms. The van der Waals surface area contributed by atoms with Crippen molar-refractivity contribution < 1.29 is 0 Å². The van der Waals surface area contributed by atoms with Crippen LogP contribution in [0.15, 0.2) is 237 Å². The number of anilines is 3. The zero-order valence-electron chi connectivity index (χ0n) is 32.5. The molecule has 1 heteroatoms. The Morgan fingerprint density at radius 3 is 1.44 bits per heavy atom. The number of nitrogens with zero attached hydrogens (tertiary/aromatic N) is 1. The Labute approximate surface area is 344 Å². The highest BCUT2D eigenvalue weighted by atomic mass is 15.1. The molecule has 0 amide bonds. The molecule has 0 aliphatic heterocycles. The van der Waals surface area contributed by atoms with Gasteiger partial charge in [-0.25, -0.2) is 0 Å². The molecule has 0 aliphatic carbocycles. The van der Waals surface area contributed by atoms with E-state index in [0.717, 1.165) is 28.2 Å². The summed E-state index contributed by atoms with van der Waals surface area (Å²) in [6.45, 7) is 0. The fourth-order valence-corrected chi connectivity index (χ4v) is 8.98. The molecule has 0 aliphatic rings. The van der Waals surface area contributed by atoms with Gasteiger partial charge in [-0.15, -0.1) is 0 Å². The van der Waals surface area contributed by atoms with Crippen molar-refractivity contribution in [2.75, 3.05) is 4.90 Å². The molecule has 0 radical (unpaired) electrons. The van der Waals surface area contributed by atoms with Crippen LogP contribution in [0.1, 0.15) is 0 Å². The molecule has 0 aromatic heterocycles. The molecule has 0 heterocycles. The van der Waals surface area contributed by atoms with Gasteiger partial charge in [0.25, 0.3) is 0 Å². The van der Waals surface area contributed by atoms with Crippen molar-refractivity contribution in [3.8, 4) is 44.5 Å². The summed E-state index contributed by atoms with van der Waals surface area (Å²) in [6, 6.07) is 86.5. The Kier molecular flexibility index (Phi) is 8.56. The molecule has 0 unspecified atom stereocenters. The smallest absolute Gasteiger partial charge is 0.0546 e. The van der Waals surface area contributed by atoms with Gasteiger partial charge in [-0.1, -0.05) is 200 Å². The highest BCUT2D eigenvalue weighted by molar-refractivity contribution is 6.09. The average Bonchev–Trinajstić information content (AvgIpc) is 3.32. The summed E-state index contributed by atoms with van der Waals surface area (Å²) in [5.74, 6) is 0. The van der Waals surface area contributed by atoms with Gasteiger partial charge in [-0.05, 0) is 113 Å². The van der Waals surface area contributed by atoms with Gasteiger partial charge in [-0.2, -0.15) is 0 Å². The monoisotopic (exact) mass is 749 g/mol. The second kappa shape index (κ2) is 14.6. The van der Waals surface area contributed by atoms with Gasteiger partial charge < -0.3 is 4.90 Å². The lowest BCUT2D eigenvalue weighted by Crippen LogP contribution is -2.12. The maximum absolute atomic E-state index is 2.47. The van der Waals surface area contributed by atoms with E-state index in [2.05, 4.69) is 241 Å². The van der Waals surface area contributed by atoms with E-state index < -0.39 is 0 Å². The molecule has 0 atom stereocenters. The molecule has 59 heavy (non-hydrogen) atoms. The van der Waals surface area contributed by atoms with E-state index >= 15 is 0 Å². The van der Waals surface area contributed by atoms with Crippen LogP contribution >= 0.6 is 0 Å². The molecule has 0 saturated heterocycles. The minimum absolute atomic E-state index is 1.09. The quantitative estimate of drug-likeness (QED) is 0.147.